The molecule has 0 aromatic heterocycles. The second-order valence-electron chi connectivity index (χ2n) is 6.34. The lowest BCUT2D eigenvalue weighted by molar-refractivity contribution is -0.116. The summed E-state index contributed by atoms with van der Waals surface area (Å²) >= 11 is 0. The average molecular weight is 360 g/mol. The van der Waals surface area contributed by atoms with Crippen LogP contribution in [0.2, 0.25) is 0 Å². The Balaban J connectivity index is 2.21. The van der Waals surface area contributed by atoms with E-state index in [2.05, 4.69) is 19.2 Å². The molecule has 0 fully saturated rings. The van der Waals surface area contributed by atoms with Gasteiger partial charge in [0.1, 0.15) is 6.04 Å². The van der Waals surface area contributed by atoms with Crippen LogP contribution in [0, 0.1) is 0 Å². The molecule has 0 radical (unpaired) electrons. The van der Waals surface area contributed by atoms with Crippen LogP contribution in [-0.4, -0.2) is 26.6 Å². The lowest BCUT2D eigenvalue weighted by Gasteiger charge is -2.28. The van der Waals surface area contributed by atoms with Crippen LogP contribution in [0.25, 0.3) is 0 Å². The van der Waals surface area contributed by atoms with Gasteiger partial charge in [0.25, 0.3) is 0 Å². The molecule has 0 spiro atoms. The summed E-state index contributed by atoms with van der Waals surface area (Å²) in [5, 5.41) is 2.79. The zero-order chi connectivity index (χ0) is 18.6. The number of amides is 1. The Bertz CT molecular complexity index is 816. The van der Waals surface area contributed by atoms with Crippen LogP contribution in [0.3, 0.4) is 0 Å². The number of nitrogens with one attached hydrogen (secondary N) is 1. The van der Waals surface area contributed by atoms with Crippen LogP contribution in [0.15, 0.2) is 54.6 Å². The fourth-order valence-electron chi connectivity index (χ4n) is 2.58. The van der Waals surface area contributed by atoms with Crippen molar-refractivity contribution in [3.05, 3.63) is 60.2 Å². The molecular formula is C19H24N2O3S. The minimum atomic E-state index is -3.60. The van der Waals surface area contributed by atoms with Gasteiger partial charge < -0.3 is 5.32 Å². The van der Waals surface area contributed by atoms with Crippen LogP contribution in [0.5, 0.6) is 0 Å². The molecule has 0 saturated carbocycles. The number of nitrogens with zero attached hydrogens (tertiary/aromatic N) is 1. The quantitative estimate of drug-likeness (QED) is 0.856. The first kappa shape index (κ1) is 19.0. The van der Waals surface area contributed by atoms with Crippen molar-refractivity contribution in [2.75, 3.05) is 15.9 Å². The summed E-state index contributed by atoms with van der Waals surface area (Å²) in [6.45, 7) is 5.77. The first-order valence-corrected chi connectivity index (χ1v) is 10.00. The Morgan fingerprint density at radius 1 is 0.960 bits per heavy atom. The number of benzene rings is 2. The van der Waals surface area contributed by atoms with E-state index in [9.17, 15) is 13.2 Å². The van der Waals surface area contributed by atoms with Crippen LogP contribution >= 0.6 is 0 Å². The molecule has 0 bridgehead atoms. The predicted octanol–water partition coefficient (Wildman–Crippen LogP) is 3.60. The maximum atomic E-state index is 12.6. The van der Waals surface area contributed by atoms with Crippen LogP contribution < -0.4 is 9.62 Å². The molecule has 0 aliphatic rings. The molecule has 2 aromatic rings. The standard InChI is InChI=1S/C19H24N2O3S/c1-14(2)16-10-12-17(13-11-16)20-19(22)15(3)21(25(4,23)24)18-8-6-5-7-9-18/h5-15H,1-4H3,(H,20,22). The molecule has 1 atom stereocenters. The summed E-state index contributed by atoms with van der Waals surface area (Å²) in [6.07, 6.45) is 1.10. The molecule has 0 heterocycles. The highest BCUT2D eigenvalue weighted by Gasteiger charge is 2.29. The Labute approximate surface area is 149 Å². The van der Waals surface area contributed by atoms with Gasteiger partial charge in [0, 0.05) is 5.69 Å². The first-order valence-electron chi connectivity index (χ1n) is 8.15. The predicted molar refractivity (Wildman–Crippen MR) is 102 cm³/mol. The van der Waals surface area contributed by atoms with E-state index in [4.69, 9.17) is 0 Å². The second kappa shape index (κ2) is 7.70. The van der Waals surface area contributed by atoms with Gasteiger partial charge in [-0.05, 0) is 42.7 Å². The van der Waals surface area contributed by atoms with Gasteiger partial charge in [-0.1, -0.05) is 44.2 Å². The third-order valence-corrected chi connectivity index (χ3v) is 5.19. The summed E-state index contributed by atoms with van der Waals surface area (Å²) in [7, 11) is -3.60. The highest BCUT2D eigenvalue weighted by Crippen LogP contribution is 2.22. The van der Waals surface area contributed by atoms with Crippen molar-refractivity contribution in [1.29, 1.82) is 0 Å². The number of carbonyl (C=O) groups excluding carboxylic acids is 1. The van der Waals surface area contributed by atoms with E-state index >= 15 is 0 Å². The van der Waals surface area contributed by atoms with E-state index in [1.54, 1.807) is 37.3 Å². The van der Waals surface area contributed by atoms with Crippen molar-refractivity contribution in [2.45, 2.75) is 32.7 Å². The van der Waals surface area contributed by atoms with Gasteiger partial charge in [0.2, 0.25) is 15.9 Å². The number of carbonyl (C=O) groups is 1. The van der Waals surface area contributed by atoms with Crippen molar-refractivity contribution in [2.24, 2.45) is 0 Å². The molecule has 6 heteroatoms. The lowest BCUT2D eigenvalue weighted by Crippen LogP contribution is -2.45. The summed E-state index contributed by atoms with van der Waals surface area (Å²) in [5.41, 5.74) is 2.28. The Hall–Kier alpha value is -2.34. The first-order chi connectivity index (χ1) is 11.7. The van der Waals surface area contributed by atoms with Crippen LogP contribution in [-0.2, 0) is 14.8 Å². The third kappa shape index (κ3) is 4.82. The van der Waals surface area contributed by atoms with Crippen molar-refractivity contribution in [3.63, 3.8) is 0 Å². The number of rotatable bonds is 6. The molecule has 2 rings (SSSR count). The second-order valence-corrected chi connectivity index (χ2v) is 8.20. The summed E-state index contributed by atoms with van der Waals surface area (Å²) < 4.78 is 25.5. The molecule has 5 nitrogen and oxygen atoms in total. The molecule has 1 N–H and O–H groups in total. The molecule has 25 heavy (non-hydrogen) atoms. The minimum Gasteiger partial charge on any atom is -0.324 e. The van der Waals surface area contributed by atoms with E-state index in [1.807, 2.05) is 24.3 Å². The van der Waals surface area contributed by atoms with Crippen LogP contribution in [0.4, 0.5) is 11.4 Å². The summed E-state index contributed by atoms with van der Waals surface area (Å²) in [4.78, 5) is 12.6. The van der Waals surface area contributed by atoms with Crippen LogP contribution in [0.1, 0.15) is 32.3 Å². The van der Waals surface area contributed by atoms with Gasteiger partial charge in [-0.2, -0.15) is 0 Å². The molecule has 2 aromatic carbocycles. The minimum absolute atomic E-state index is 0.383. The largest absolute Gasteiger partial charge is 0.324 e. The molecule has 0 aliphatic heterocycles. The van der Waals surface area contributed by atoms with Gasteiger partial charge in [-0.25, -0.2) is 8.42 Å². The van der Waals surface area contributed by atoms with E-state index in [0.29, 0.717) is 17.3 Å². The number of hydrogen-bond donors (Lipinski definition) is 1. The highest BCUT2D eigenvalue weighted by atomic mass is 32.2. The molecule has 134 valence electrons. The molecule has 0 aliphatic carbocycles. The maximum absolute atomic E-state index is 12.6. The molecule has 1 unspecified atom stereocenters. The summed E-state index contributed by atoms with van der Waals surface area (Å²) in [5.74, 6) is 0.0223. The van der Waals surface area contributed by atoms with Gasteiger partial charge in [-0.15, -0.1) is 0 Å². The van der Waals surface area contributed by atoms with Crippen molar-refractivity contribution >= 4 is 27.3 Å². The fourth-order valence-corrected chi connectivity index (χ4v) is 3.76. The van der Waals surface area contributed by atoms with E-state index < -0.39 is 16.1 Å². The third-order valence-electron chi connectivity index (χ3n) is 3.94. The molecule has 1 amide bonds. The number of para-hydroxylation sites is 1. The fraction of sp³-hybridized carbons (Fsp3) is 0.316. The van der Waals surface area contributed by atoms with Gasteiger partial charge in [0.15, 0.2) is 0 Å². The van der Waals surface area contributed by atoms with Crippen molar-refractivity contribution in [1.82, 2.24) is 0 Å². The SMILES string of the molecule is CC(C)c1ccc(NC(=O)C(C)N(c2ccccc2)S(C)(=O)=O)cc1. The Morgan fingerprint density at radius 2 is 1.52 bits per heavy atom. The van der Waals surface area contributed by atoms with Crippen molar-refractivity contribution in [3.8, 4) is 0 Å². The number of hydrogen-bond acceptors (Lipinski definition) is 3. The zero-order valence-electron chi connectivity index (χ0n) is 14.9. The monoisotopic (exact) mass is 360 g/mol. The van der Waals surface area contributed by atoms with E-state index in [-0.39, 0.29) is 5.91 Å². The van der Waals surface area contributed by atoms with Gasteiger partial charge in [0.05, 0.1) is 11.9 Å². The normalized spacial score (nSPS) is 12.7. The van der Waals surface area contributed by atoms with E-state index in [0.717, 1.165) is 10.6 Å². The van der Waals surface area contributed by atoms with Gasteiger partial charge in [-0.3, -0.25) is 9.10 Å². The number of sulfonamides is 1. The highest BCUT2D eigenvalue weighted by molar-refractivity contribution is 7.92. The zero-order valence-corrected chi connectivity index (χ0v) is 15.7. The van der Waals surface area contributed by atoms with Crippen molar-refractivity contribution < 1.29 is 13.2 Å². The Kier molecular flexibility index (Phi) is 5.85. The number of anilines is 2. The average Bonchev–Trinajstić information content (AvgIpc) is 2.55. The maximum Gasteiger partial charge on any atom is 0.247 e. The smallest absolute Gasteiger partial charge is 0.247 e. The van der Waals surface area contributed by atoms with Gasteiger partial charge >= 0.3 is 0 Å². The molecular weight excluding hydrogens is 336 g/mol. The lowest BCUT2D eigenvalue weighted by atomic mass is 10.0. The topological polar surface area (TPSA) is 66.5 Å². The van der Waals surface area contributed by atoms with E-state index in [1.165, 1.54) is 5.56 Å². The Morgan fingerprint density at radius 3 is 2.00 bits per heavy atom. The summed E-state index contributed by atoms with van der Waals surface area (Å²) in [6, 6.07) is 15.3. The molecule has 0 saturated heterocycles.